The normalized spacial score (nSPS) is 10.4. The van der Waals surface area contributed by atoms with Gasteiger partial charge in [0.2, 0.25) is 0 Å². The molecule has 1 aromatic carbocycles. The molecule has 78 valence electrons. The van der Waals surface area contributed by atoms with Crippen LogP contribution in [0.1, 0.15) is 10.6 Å². The van der Waals surface area contributed by atoms with Crippen molar-refractivity contribution in [1.82, 2.24) is 10.3 Å². The molecule has 3 nitrogen and oxygen atoms in total. The second-order valence-electron chi connectivity index (χ2n) is 3.20. The highest BCUT2D eigenvalue weighted by Gasteiger charge is 1.96. The van der Waals surface area contributed by atoms with Crippen LogP contribution in [0.5, 0.6) is 5.75 Å². The summed E-state index contributed by atoms with van der Waals surface area (Å²) >= 11 is 1.65. The van der Waals surface area contributed by atoms with E-state index in [1.165, 1.54) is 0 Å². The average Bonchev–Trinajstić information content (AvgIpc) is 2.74. The van der Waals surface area contributed by atoms with Crippen LogP contribution >= 0.6 is 11.3 Å². The van der Waals surface area contributed by atoms with Gasteiger partial charge in [-0.3, -0.25) is 0 Å². The first kappa shape index (κ1) is 10.1. The maximum Gasteiger partial charge on any atom is 0.115 e. The summed E-state index contributed by atoms with van der Waals surface area (Å²) in [5.74, 6) is 0.304. The predicted molar refractivity (Wildman–Crippen MR) is 60.8 cm³/mol. The number of rotatable bonds is 4. The van der Waals surface area contributed by atoms with E-state index >= 15 is 0 Å². The van der Waals surface area contributed by atoms with Gasteiger partial charge >= 0.3 is 0 Å². The standard InChI is InChI=1S/C11H12N2OS/c14-10-3-1-9(2-4-10)7-12-8-11-13-5-6-15-11/h1-6,12,14H,7-8H2. The van der Waals surface area contributed by atoms with Crippen molar-refractivity contribution in [3.05, 3.63) is 46.4 Å². The molecule has 2 aromatic rings. The van der Waals surface area contributed by atoms with Crippen LogP contribution in [-0.2, 0) is 13.1 Å². The molecule has 0 atom stereocenters. The van der Waals surface area contributed by atoms with E-state index in [0.29, 0.717) is 5.75 Å². The third-order valence-electron chi connectivity index (χ3n) is 2.03. The van der Waals surface area contributed by atoms with Crippen LogP contribution in [0.15, 0.2) is 35.8 Å². The molecule has 15 heavy (non-hydrogen) atoms. The molecule has 1 aromatic heterocycles. The van der Waals surface area contributed by atoms with Crippen molar-refractivity contribution in [2.75, 3.05) is 0 Å². The van der Waals surface area contributed by atoms with Crippen molar-refractivity contribution in [3.63, 3.8) is 0 Å². The summed E-state index contributed by atoms with van der Waals surface area (Å²) in [6, 6.07) is 7.20. The number of nitrogens with zero attached hydrogens (tertiary/aromatic N) is 1. The number of hydrogen-bond donors (Lipinski definition) is 2. The fourth-order valence-electron chi connectivity index (χ4n) is 1.27. The van der Waals surface area contributed by atoms with Crippen molar-refractivity contribution in [1.29, 1.82) is 0 Å². The van der Waals surface area contributed by atoms with Crippen LogP contribution in [0.4, 0.5) is 0 Å². The molecule has 0 radical (unpaired) electrons. The Morgan fingerprint density at radius 1 is 1.20 bits per heavy atom. The van der Waals surface area contributed by atoms with Gasteiger partial charge in [0.1, 0.15) is 10.8 Å². The van der Waals surface area contributed by atoms with E-state index in [9.17, 15) is 0 Å². The maximum absolute atomic E-state index is 9.10. The summed E-state index contributed by atoms with van der Waals surface area (Å²) in [6.45, 7) is 1.58. The second-order valence-corrected chi connectivity index (χ2v) is 4.17. The lowest BCUT2D eigenvalue weighted by atomic mass is 10.2. The molecule has 0 aliphatic rings. The van der Waals surface area contributed by atoms with Crippen LogP contribution in [-0.4, -0.2) is 10.1 Å². The van der Waals surface area contributed by atoms with Gasteiger partial charge in [-0.1, -0.05) is 12.1 Å². The SMILES string of the molecule is Oc1ccc(CNCc2nccs2)cc1. The fourth-order valence-corrected chi connectivity index (χ4v) is 1.85. The van der Waals surface area contributed by atoms with Gasteiger partial charge in [0.15, 0.2) is 0 Å². The van der Waals surface area contributed by atoms with Crippen molar-refractivity contribution in [3.8, 4) is 5.75 Å². The Balaban J connectivity index is 1.81. The van der Waals surface area contributed by atoms with E-state index in [2.05, 4.69) is 10.3 Å². The van der Waals surface area contributed by atoms with Crippen LogP contribution in [0.3, 0.4) is 0 Å². The minimum atomic E-state index is 0.304. The number of aromatic nitrogens is 1. The number of aromatic hydroxyl groups is 1. The summed E-state index contributed by atoms with van der Waals surface area (Å²) in [4.78, 5) is 4.18. The predicted octanol–water partition coefficient (Wildman–Crippen LogP) is 2.14. The summed E-state index contributed by atoms with van der Waals surface area (Å²) in [6.07, 6.45) is 1.81. The number of nitrogens with one attached hydrogen (secondary N) is 1. The number of phenolic OH excluding ortho intramolecular Hbond substituents is 1. The number of benzene rings is 1. The van der Waals surface area contributed by atoms with Crippen LogP contribution in [0, 0.1) is 0 Å². The fraction of sp³-hybridized carbons (Fsp3) is 0.182. The number of thiazole rings is 1. The molecule has 0 aliphatic carbocycles. The highest BCUT2D eigenvalue weighted by atomic mass is 32.1. The highest BCUT2D eigenvalue weighted by Crippen LogP contribution is 2.09. The zero-order chi connectivity index (χ0) is 10.5. The Bertz CT molecular complexity index is 397. The van der Waals surface area contributed by atoms with Crippen molar-refractivity contribution >= 4 is 11.3 Å². The number of hydrogen-bond acceptors (Lipinski definition) is 4. The Morgan fingerprint density at radius 2 is 2.00 bits per heavy atom. The molecule has 2 rings (SSSR count). The zero-order valence-electron chi connectivity index (χ0n) is 8.18. The zero-order valence-corrected chi connectivity index (χ0v) is 9.00. The molecule has 1 heterocycles. The summed E-state index contributed by atoms with van der Waals surface area (Å²) in [5, 5.41) is 15.5. The number of phenols is 1. The molecular formula is C11H12N2OS. The lowest BCUT2D eigenvalue weighted by molar-refractivity contribution is 0.475. The first-order valence-electron chi connectivity index (χ1n) is 4.71. The minimum Gasteiger partial charge on any atom is -0.508 e. The molecule has 0 amide bonds. The quantitative estimate of drug-likeness (QED) is 0.829. The van der Waals surface area contributed by atoms with Gasteiger partial charge in [0.05, 0.1) is 0 Å². The molecule has 0 aliphatic heterocycles. The van der Waals surface area contributed by atoms with Gasteiger partial charge in [-0.25, -0.2) is 4.98 Å². The smallest absolute Gasteiger partial charge is 0.115 e. The largest absolute Gasteiger partial charge is 0.508 e. The van der Waals surface area contributed by atoms with E-state index in [-0.39, 0.29) is 0 Å². The molecule has 0 spiro atoms. The van der Waals surface area contributed by atoms with E-state index < -0.39 is 0 Å². The monoisotopic (exact) mass is 220 g/mol. The van der Waals surface area contributed by atoms with Gasteiger partial charge in [0.25, 0.3) is 0 Å². The molecular weight excluding hydrogens is 208 g/mol. The lowest BCUT2D eigenvalue weighted by Crippen LogP contribution is -2.12. The Kier molecular flexibility index (Phi) is 3.32. The minimum absolute atomic E-state index is 0.304. The lowest BCUT2D eigenvalue weighted by Gasteiger charge is -2.02. The Labute approximate surface area is 92.4 Å². The van der Waals surface area contributed by atoms with Crippen molar-refractivity contribution in [2.24, 2.45) is 0 Å². The Hall–Kier alpha value is -1.39. The van der Waals surface area contributed by atoms with E-state index in [1.807, 2.05) is 23.7 Å². The summed E-state index contributed by atoms with van der Waals surface area (Å²) < 4.78 is 0. The third-order valence-corrected chi connectivity index (χ3v) is 2.80. The molecule has 0 fully saturated rings. The van der Waals surface area contributed by atoms with E-state index in [4.69, 9.17) is 5.11 Å². The highest BCUT2D eigenvalue weighted by molar-refractivity contribution is 7.09. The van der Waals surface area contributed by atoms with E-state index in [0.717, 1.165) is 23.7 Å². The third kappa shape index (κ3) is 3.04. The molecule has 0 saturated carbocycles. The van der Waals surface area contributed by atoms with Gasteiger partial charge < -0.3 is 10.4 Å². The van der Waals surface area contributed by atoms with Gasteiger partial charge in [-0.05, 0) is 17.7 Å². The summed E-state index contributed by atoms with van der Waals surface area (Å²) in [7, 11) is 0. The molecule has 0 bridgehead atoms. The topological polar surface area (TPSA) is 45.1 Å². The van der Waals surface area contributed by atoms with Gasteiger partial charge in [-0.15, -0.1) is 11.3 Å². The van der Waals surface area contributed by atoms with Crippen LogP contribution in [0.2, 0.25) is 0 Å². The molecule has 0 saturated heterocycles. The summed E-state index contributed by atoms with van der Waals surface area (Å²) in [5.41, 5.74) is 1.16. The average molecular weight is 220 g/mol. The second kappa shape index (κ2) is 4.91. The first-order chi connectivity index (χ1) is 7.34. The maximum atomic E-state index is 9.10. The van der Waals surface area contributed by atoms with Crippen molar-refractivity contribution < 1.29 is 5.11 Å². The molecule has 2 N–H and O–H groups in total. The molecule has 0 unspecified atom stereocenters. The van der Waals surface area contributed by atoms with Crippen LogP contribution < -0.4 is 5.32 Å². The first-order valence-corrected chi connectivity index (χ1v) is 5.59. The Morgan fingerprint density at radius 3 is 2.67 bits per heavy atom. The van der Waals surface area contributed by atoms with Gasteiger partial charge in [0, 0.05) is 24.7 Å². The van der Waals surface area contributed by atoms with E-state index in [1.54, 1.807) is 23.5 Å². The van der Waals surface area contributed by atoms with Crippen molar-refractivity contribution in [2.45, 2.75) is 13.1 Å². The van der Waals surface area contributed by atoms with Crippen LogP contribution in [0.25, 0.3) is 0 Å². The molecule has 4 heteroatoms. The van der Waals surface area contributed by atoms with Gasteiger partial charge in [-0.2, -0.15) is 0 Å².